The number of hydrogen-bond donors (Lipinski definition) is 0. The molecule has 1 aliphatic rings. The summed E-state index contributed by atoms with van der Waals surface area (Å²) < 4.78 is 58.6. The maximum Gasteiger partial charge on any atom is 0.262 e. The zero-order valence-electron chi connectivity index (χ0n) is 21.8. The zero-order chi connectivity index (χ0) is 26.9. The van der Waals surface area contributed by atoms with Crippen LogP contribution in [0.3, 0.4) is 0 Å². The lowest BCUT2D eigenvalue weighted by Crippen LogP contribution is -2.46. The lowest BCUT2D eigenvalue weighted by Gasteiger charge is -2.44. The number of azo groups is 1. The van der Waals surface area contributed by atoms with Gasteiger partial charge in [-0.25, -0.2) is 22.2 Å². The molecule has 0 radical (unpaired) electrons. The van der Waals surface area contributed by atoms with Crippen molar-refractivity contribution in [1.82, 2.24) is 13.9 Å². The molecule has 1 saturated carbocycles. The first-order chi connectivity index (χ1) is 16.8. The van der Waals surface area contributed by atoms with E-state index in [0.29, 0.717) is 18.7 Å². The van der Waals surface area contributed by atoms with Gasteiger partial charge in [0.2, 0.25) is 0 Å². The Balaban J connectivity index is 1.92. The molecule has 0 N–H and O–H groups in total. The molecule has 0 saturated heterocycles. The van der Waals surface area contributed by atoms with Gasteiger partial charge in [0.05, 0.1) is 17.6 Å². The molecule has 0 amide bonds. The van der Waals surface area contributed by atoms with Crippen molar-refractivity contribution < 1.29 is 17.2 Å². The van der Waals surface area contributed by atoms with Crippen molar-refractivity contribution in [1.29, 1.82) is 0 Å². The Labute approximate surface area is 212 Å². The number of hydrogen-bond acceptors (Lipinski definition) is 5. The van der Waals surface area contributed by atoms with Crippen LogP contribution in [0.2, 0.25) is 0 Å². The van der Waals surface area contributed by atoms with Gasteiger partial charge >= 0.3 is 0 Å². The van der Waals surface area contributed by atoms with Crippen LogP contribution in [0.1, 0.15) is 46.1 Å². The highest BCUT2D eigenvalue weighted by molar-refractivity contribution is 7.89. The molecule has 2 aromatic rings. The second kappa shape index (κ2) is 10.3. The molecule has 1 aliphatic carbocycles. The van der Waals surface area contributed by atoms with E-state index in [1.54, 1.807) is 17.7 Å². The normalized spacial score (nSPS) is 22.6. The molecule has 1 fully saturated rings. The quantitative estimate of drug-likeness (QED) is 0.309. The Morgan fingerprint density at radius 1 is 1.31 bits per heavy atom. The lowest BCUT2D eigenvalue weighted by atomic mass is 9.64. The van der Waals surface area contributed by atoms with Crippen molar-refractivity contribution in [2.24, 2.45) is 34.0 Å². The van der Waals surface area contributed by atoms with Crippen LogP contribution in [0.25, 0.3) is 5.70 Å². The number of sulfonamides is 1. The summed E-state index contributed by atoms with van der Waals surface area (Å²) in [6.45, 7) is 12.9. The molecule has 3 rings (SSSR count). The van der Waals surface area contributed by atoms with E-state index in [9.17, 15) is 17.2 Å². The number of rotatable bonds is 9. The SMILES string of the molecule is C=C(/C=C(\N=N/C)c1c(F)cccc1F)C1CCC(C)(CN(CC)S(=O)(=O)c2cn(C)cn2)C1(C)C. The van der Waals surface area contributed by atoms with Gasteiger partial charge < -0.3 is 4.57 Å². The van der Waals surface area contributed by atoms with Gasteiger partial charge in [-0.1, -0.05) is 40.3 Å². The Kier molecular flexibility index (Phi) is 8.00. The van der Waals surface area contributed by atoms with Crippen molar-refractivity contribution in [2.75, 3.05) is 20.1 Å². The minimum absolute atomic E-state index is 0.0247. The van der Waals surface area contributed by atoms with E-state index in [1.807, 2.05) is 6.92 Å². The Morgan fingerprint density at radius 2 is 1.94 bits per heavy atom. The monoisotopic (exact) mass is 519 g/mol. The molecule has 10 heteroatoms. The summed E-state index contributed by atoms with van der Waals surface area (Å²) in [7, 11) is -0.592. The van der Waals surface area contributed by atoms with Crippen molar-refractivity contribution in [3.8, 4) is 0 Å². The molecular weight excluding hydrogens is 484 g/mol. The third-order valence-electron chi connectivity index (χ3n) is 7.77. The van der Waals surface area contributed by atoms with E-state index >= 15 is 0 Å². The molecule has 7 nitrogen and oxygen atoms in total. The Bertz CT molecular complexity index is 1280. The minimum Gasteiger partial charge on any atom is -0.339 e. The van der Waals surface area contributed by atoms with Gasteiger partial charge in [-0.3, -0.25) is 0 Å². The van der Waals surface area contributed by atoms with E-state index in [2.05, 4.69) is 42.6 Å². The average molecular weight is 520 g/mol. The van der Waals surface area contributed by atoms with Gasteiger partial charge in [-0.15, -0.1) is 0 Å². The van der Waals surface area contributed by atoms with E-state index in [-0.39, 0.29) is 33.0 Å². The highest BCUT2D eigenvalue weighted by Crippen LogP contribution is 2.58. The van der Waals surface area contributed by atoms with E-state index < -0.39 is 21.7 Å². The molecule has 0 spiro atoms. The van der Waals surface area contributed by atoms with E-state index in [4.69, 9.17) is 0 Å². The molecule has 2 atom stereocenters. The van der Waals surface area contributed by atoms with Crippen LogP contribution in [0.4, 0.5) is 8.78 Å². The fourth-order valence-corrected chi connectivity index (χ4v) is 6.73. The van der Waals surface area contributed by atoms with E-state index in [1.165, 1.54) is 42.1 Å². The lowest BCUT2D eigenvalue weighted by molar-refractivity contribution is 0.0802. The first kappa shape index (κ1) is 27.9. The van der Waals surface area contributed by atoms with Crippen molar-refractivity contribution in [3.63, 3.8) is 0 Å². The Hall–Kier alpha value is -2.72. The summed E-state index contributed by atoms with van der Waals surface area (Å²) in [5.74, 6) is -1.51. The highest BCUT2D eigenvalue weighted by Gasteiger charge is 2.53. The maximum atomic E-state index is 14.5. The molecule has 36 heavy (non-hydrogen) atoms. The smallest absolute Gasteiger partial charge is 0.262 e. The zero-order valence-corrected chi connectivity index (χ0v) is 22.6. The minimum atomic E-state index is -3.76. The van der Waals surface area contributed by atoms with Crippen LogP contribution in [0.15, 0.2) is 64.2 Å². The number of imidazole rings is 1. The molecule has 0 aliphatic heterocycles. The van der Waals surface area contributed by atoms with Crippen molar-refractivity contribution in [2.45, 2.75) is 45.6 Å². The highest BCUT2D eigenvalue weighted by atomic mass is 32.2. The first-order valence-electron chi connectivity index (χ1n) is 11.9. The molecule has 1 aromatic carbocycles. The Morgan fingerprint density at radius 3 is 2.47 bits per heavy atom. The molecule has 2 unspecified atom stereocenters. The topological polar surface area (TPSA) is 79.9 Å². The van der Waals surface area contributed by atoms with Crippen LogP contribution in [0.5, 0.6) is 0 Å². The molecular formula is C26H35F2N5O2S. The van der Waals surface area contributed by atoms with Gasteiger partial charge in [0.25, 0.3) is 10.0 Å². The standard InChI is InChI=1S/C26H35F2N5O2S/c1-8-33(36(34,35)23-15-32(7)17-30-23)16-26(5)13-12-19(25(26,3)4)18(2)14-22(31-29-6)24-20(27)10-9-11-21(24)28/h9-11,14-15,17,19H,2,8,12-13,16H2,1,3-7H3/b22-14-,31-29-. The predicted molar refractivity (Wildman–Crippen MR) is 137 cm³/mol. The number of halogens is 2. The number of aromatic nitrogens is 2. The summed E-state index contributed by atoms with van der Waals surface area (Å²) in [5, 5.41) is 7.76. The fourth-order valence-electron chi connectivity index (χ4n) is 5.19. The number of aryl methyl sites for hydroxylation is 1. The first-order valence-corrected chi connectivity index (χ1v) is 13.4. The second-order valence-electron chi connectivity index (χ2n) is 10.2. The van der Waals surface area contributed by atoms with Crippen molar-refractivity contribution in [3.05, 3.63) is 66.1 Å². The number of allylic oxidation sites excluding steroid dienone is 2. The summed E-state index contributed by atoms with van der Waals surface area (Å²) >= 11 is 0. The predicted octanol–water partition coefficient (Wildman–Crippen LogP) is 5.83. The van der Waals surface area contributed by atoms with Gasteiger partial charge in [0.1, 0.15) is 11.6 Å². The molecule has 196 valence electrons. The summed E-state index contributed by atoms with van der Waals surface area (Å²) in [4.78, 5) is 4.06. The van der Waals surface area contributed by atoms with Crippen LogP contribution in [0, 0.1) is 28.4 Å². The maximum absolute atomic E-state index is 14.5. The van der Waals surface area contributed by atoms with Gasteiger partial charge in [-0.05, 0) is 53.4 Å². The van der Waals surface area contributed by atoms with E-state index in [0.717, 1.165) is 12.8 Å². The van der Waals surface area contributed by atoms with Gasteiger partial charge in [0.15, 0.2) is 5.03 Å². The summed E-state index contributed by atoms with van der Waals surface area (Å²) in [6, 6.07) is 3.66. The average Bonchev–Trinajstić information content (AvgIpc) is 3.33. The number of benzene rings is 1. The van der Waals surface area contributed by atoms with Crippen LogP contribution < -0.4 is 0 Å². The van der Waals surface area contributed by atoms with Crippen molar-refractivity contribution >= 4 is 15.7 Å². The van der Waals surface area contributed by atoms with Crippen LogP contribution in [-0.4, -0.2) is 42.4 Å². The largest absolute Gasteiger partial charge is 0.339 e. The van der Waals surface area contributed by atoms with Gasteiger partial charge in [0, 0.05) is 33.4 Å². The summed E-state index contributed by atoms with van der Waals surface area (Å²) in [5.41, 5.74) is -0.279. The molecule has 1 heterocycles. The van der Waals surface area contributed by atoms with Crippen LogP contribution in [-0.2, 0) is 17.1 Å². The van der Waals surface area contributed by atoms with Crippen LogP contribution >= 0.6 is 0 Å². The molecule has 0 bridgehead atoms. The van der Waals surface area contributed by atoms with Gasteiger partial charge in [-0.2, -0.15) is 14.5 Å². The molecule has 1 aromatic heterocycles. The second-order valence-corrected chi connectivity index (χ2v) is 12.1. The number of nitrogens with zero attached hydrogens (tertiary/aromatic N) is 5. The summed E-state index contributed by atoms with van der Waals surface area (Å²) in [6.07, 6.45) is 6.06. The third-order valence-corrected chi connectivity index (χ3v) is 9.58. The third kappa shape index (κ3) is 5.06. The fraction of sp³-hybridized carbons (Fsp3) is 0.500.